The van der Waals surface area contributed by atoms with Gasteiger partial charge in [-0.2, -0.15) is 0 Å². The minimum Gasteiger partial charge on any atom is -0.385 e. The fourth-order valence-corrected chi connectivity index (χ4v) is 1.70. The summed E-state index contributed by atoms with van der Waals surface area (Å²) in [4.78, 5) is 3.97. The van der Waals surface area contributed by atoms with Gasteiger partial charge in [0.2, 0.25) is 0 Å². The first kappa shape index (κ1) is 9.46. The molecule has 1 atom stereocenters. The molecule has 0 saturated carbocycles. The maximum atomic E-state index is 5.32. The monoisotopic (exact) mass is 192 g/mol. The Morgan fingerprint density at radius 2 is 2.29 bits per heavy atom. The van der Waals surface area contributed by atoms with Crippen LogP contribution in [0, 0.1) is 5.92 Å². The molecule has 1 saturated heterocycles. The number of nitrogens with one attached hydrogen (secondary N) is 1. The van der Waals surface area contributed by atoms with E-state index in [1.165, 1.54) is 12.8 Å². The topological polar surface area (TPSA) is 34.1 Å². The number of nitrogens with zero attached hydrogens (tertiary/aromatic N) is 1. The summed E-state index contributed by atoms with van der Waals surface area (Å²) in [5.41, 5.74) is 1.15. The highest BCUT2D eigenvalue weighted by molar-refractivity contribution is 5.40. The summed E-state index contributed by atoms with van der Waals surface area (Å²) in [5.74, 6) is 0.754. The zero-order valence-electron chi connectivity index (χ0n) is 8.28. The van der Waals surface area contributed by atoms with Crippen LogP contribution in [0.3, 0.4) is 0 Å². The molecule has 0 aliphatic carbocycles. The Balaban J connectivity index is 1.67. The van der Waals surface area contributed by atoms with Crippen LogP contribution in [0.25, 0.3) is 0 Å². The Hall–Kier alpha value is -1.09. The summed E-state index contributed by atoms with van der Waals surface area (Å²) in [5, 5.41) is 3.38. The third kappa shape index (κ3) is 2.70. The van der Waals surface area contributed by atoms with Gasteiger partial charge in [0.1, 0.15) is 0 Å². The van der Waals surface area contributed by atoms with E-state index in [1.807, 2.05) is 12.1 Å². The van der Waals surface area contributed by atoms with Gasteiger partial charge in [0.25, 0.3) is 0 Å². The number of anilines is 1. The van der Waals surface area contributed by atoms with Gasteiger partial charge in [-0.05, 0) is 30.9 Å². The van der Waals surface area contributed by atoms with Crippen molar-refractivity contribution in [2.24, 2.45) is 5.92 Å². The molecule has 1 unspecified atom stereocenters. The van der Waals surface area contributed by atoms with Crippen molar-refractivity contribution in [3.05, 3.63) is 24.5 Å². The van der Waals surface area contributed by atoms with Crippen LogP contribution in [-0.2, 0) is 4.74 Å². The average molecular weight is 192 g/mol. The van der Waals surface area contributed by atoms with Gasteiger partial charge >= 0.3 is 0 Å². The van der Waals surface area contributed by atoms with Gasteiger partial charge in [-0.25, -0.2) is 0 Å². The number of ether oxygens (including phenoxy) is 1. The van der Waals surface area contributed by atoms with Gasteiger partial charge in [0.05, 0.1) is 0 Å². The van der Waals surface area contributed by atoms with E-state index in [9.17, 15) is 0 Å². The van der Waals surface area contributed by atoms with E-state index < -0.39 is 0 Å². The van der Waals surface area contributed by atoms with E-state index in [0.717, 1.165) is 31.4 Å². The van der Waals surface area contributed by atoms with Crippen molar-refractivity contribution in [3.63, 3.8) is 0 Å². The highest BCUT2D eigenvalue weighted by atomic mass is 16.5. The molecule has 0 spiro atoms. The lowest BCUT2D eigenvalue weighted by molar-refractivity contribution is 0.185. The molecule has 1 aliphatic heterocycles. The van der Waals surface area contributed by atoms with Crippen LogP contribution >= 0.6 is 0 Å². The molecule has 1 aromatic heterocycles. The van der Waals surface area contributed by atoms with E-state index >= 15 is 0 Å². The van der Waals surface area contributed by atoms with Crippen LogP contribution in [0.15, 0.2) is 24.5 Å². The average Bonchev–Trinajstić information content (AvgIpc) is 2.72. The molecule has 0 aromatic carbocycles. The van der Waals surface area contributed by atoms with Gasteiger partial charge in [0.15, 0.2) is 0 Å². The summed E-state index contributed by atoms with van der Waals surface area (Å²) >= 11 is 0. The molecule has 14 heavy (non-hydrogen) atoms. The van der Waals surface area contributed by atoms with Gasteiger partial charge in [-0.3, -0.25) is 4.98 Å². The molecular weight excluding hydrogens is 176 g/mol. The highest BCUT2D eigenvalue weighted by Gasteiger charge is 2.14. The van der Waals surface area contributed by atoms with Crippen molar-refractivity contribution < 1.29 is 4.74 Å². The molecule has 0 radical (unpaired) electrons. The van der Waals surface area contributed by atoms with Gasteiger partial charge in [0, 0.05) is 37.8 Å². The summed E-state index contributed by atoms with van der Waals surface area (Å²) < 4.78 is 5.32. The van der Waals surface area contributed by atoms with Crippen LogP contribution in [0.4, 0.5) is 5.69 Å². The lowest BCUT2D eigenvalue weighted by Crippen LogP contribution is -2.08. The van der Waals surface area contributed by atoms with Crippen LogP contribution in [0.1, 0.15) is 12.8 Å². The van der Waals surface area contributed by atoms with Crippen LogP contribution in [0.5, 0.6) is 0 Å². The Labute approximate surface area is 84.5 Å². The van der Waals surface area contributed by atoms with E-state index in [1.54, 1.807) is 12.4 Å². The first-order valence-electron chi connectivity index (χ1n) is 5.17. The van der Waals surface area contributed by atoms with Crippen molar-refractivity contribution in [2.45, 2.75) is 12.8 Å². The summed E-state index contributed by atoms with van der Waals surface area (Å²) in [7, 11) is 0. The third-order valence-electron chi connectivity index (χ3n) is 2.59. The maximum absolute atomic E-state index is 5.32. The summed E-state index contributed by atoms with van der Waals surface area (Å²) in [6, 6.07) is 3.98. The zero-order chi connectivity index (χ0) is 9.64. The highest BCUT2D eigenvalue weighted by Crippen LogP contribution is 2.16. The second kappa shape index (κ2) is 4.96. The number of aromatic nitrogens is 1. The molecular formula is C11H16N2O. The Bertz CT molecular complexity index is 257. The molecule has 3 heteroatoms. The first-order valence-corrected chi connectivity index (χ1v) is 5.17. The quantitative estimate of drug-likeness (QED) is 0.791. The molecule has 0 amide bonds. The summed E-state index contributed by atoms with van der Waals surface area (Å²) in [6.45, 7) is 2.91. The molecule has 2 rings (SSSR count). The molecule has 1 fully saturated rings. The smallest absolute Gasteiger partial charge is 0.0495 e. The van der Waals surface area contributed by atoms with Crippen molar-refractivity contribution in [2.75, 3.05) is 25.1 Å². The zero-order valence-corrected chi connectivity index (χ0v) is 8.28. The van der Waals surface area contributed by atoms with Crippen molar-refractivity contribution >= 4 is 5.69 Å². The second-order valence-corrected chi connectivity index (χ2v) is 3.68. The Kier molecular flexibility index (Phi) is 3.35. The number of hydrogen-bond donors (Lipinski definition) is 1. The molecule has 1 aliphatic rings. The van der Waals surface area contributed by atoms with E-state index in [4.69, 9.17) is 4.74 Å². The van der Waals surface area contributed by atoms with Crippen LogP contribution in [0.2, 0.25) is 0 Å². The first-order chi connectivity index (χ1) is 6.95. The normalized spacial score (nSPS) is 21.0. The number of hydrogen-bond acceptors (Lipinski definition) is 3. The maximum Gasteiger partial charge on any atom is 0.0495 e. The number of rotatable bonds is 4. The molecule has 3 nitrogen and oxygen atoms in total. The molecule has 2 heterocycles. The van der Waals surface area contributed by atoms with Gasteiger partial charge in [-0.1, -0.05) is 0 Å². The fraction of sp³-hybridized carbons (Fsp3) is 0.545. The fourth-order valence-electron chi connectivity index (χ4n) is 1.70. The SMILES string of the molecule is c1cc(NCCC2CCOC2)ccn1. The Morgan fingerprint density at radius 3 is 3.00 bits per heavy atom. The standard InChI is InChI=1S/C11H16N2O/c1(10-4-8-14-9-10)7-13-11-2-5-12-6-3-11/h2-3,5-6,10H,1,4,7-9H2,(H,12,13). The largest absolute Gasteiger partial charge is 0.385 e. The summed E-state index contributed by atoms with van der Waals surface area (Å²) in [6.07, 6.45) is 6.03. The lowest BCUT2D eigenvalue weighted by Gasteiger charge is -2.09. The lowest BCUT2D eigenvalue weighted by atomic mass is 10.1. The molecule has 0 bridgehead atoms. The van der Waals surface area contributed by atoms with Crippen LogP contribution in [-0.4, -0.2) is 24.7 Å². The number of pyridine rings is 1. The molecule has 76 valence electrons. The van der Waals surface area contributed by atoms with E-state index in [0.29, 0.717) is 0 Å². The Morgan fingerprint density at radius 1 is 1.43 bits per heavy atom. The predicted molar refractivity (Wildman–Crippen MR) is 56.3 cm³/mol. The second-order valence-electron chi connectivity index (χ2n) is 3.68. The van der Waals surface area contributed by atoms with Crippen LogP contribution < -0.4 is 5.32 Å². The van der Waals surface area contributed by atoms with E-state index in [2.05, 4.69) is 10.3 Å². The predicted octanol–water partition coefficient (Wildman–Crippen LogP) is 1.92. The third-order valence-corrected chi connectivity index (χ3v) is 2.59. The molecule has 1 N–H and O–H groups in total. The molecule has 1 aromatic rings. The van der Waals surface area contributed by atoms with Crippen molar-refractivity contribution in [3.8, 4) is 0 Å². The van der Waals surface area contributed by atoms with Gasteiger partial charge in [-0.15, -0.1) is 0 Å². The van der Waals surface area contributed by atoms with Gasteiger partial charge < -0.3 is 10.1 Å². The van der Waals surface area contributed by atoms with Crippen molar-refractivity contribution in [1.82, 2.24) is 4.98 Å². The van der Waals surface area contributed by atoms with Crippen molar-refractivity contribution in [1.29, 1.82) is 0 Å². The van der Waals surface area contributed by atoms with E-state index in [-0.39, 0.29) is 0 Å². The minimum absolute atomic E-state index is 0.754. The minimum atomic E-state index is 0.754.